The summed E-state index contributed by atoms with van der Waals surface area (Å²) in [7, 11) is 3.79. The molecule has 1 atom stereocenters. The molecule has 0 aliphatic carbocycles. The number of nitrogens with zero attached hydrogens (tertiary/aromatic N) is 5. The molecule has 254 valence electrons. The second-order valence-electron chi connectivity index (χ2n) is 12.2. The van der Waals surface area contributed by atoms with Crippen LogP contribution in [0, 0.1) is 11.7 Å². The summed E-state index contributed by atoms with van der Waals surface area (Å²) >= 11 is 0. The monoisotopic (exact) mass is 657 g/mol. The molecule has 4 aromatic rings. The second-order valence-corrected chi connectivity index (χ2v) is 12.2. The smallest absolute Gasteiger partial charge is 0.150 e. The molecule has 2 aromatic heterocycles. The van der Waals surface area contributed by atoms with Gasteiger partial charge in [-0.3, -0.25) is 4.79 Å². The number of aldehydes is 1. The topological polar surface area (TPSA) is 114 Å². The SMILES string of the molecule is C=CC=O.COc1cc2ncnc(Nc3ccc(Oc4ccnc(N5CCOC(C(C)C)C5)c4)cc3F)c2cc1NC1CCN(C)CC1. The highest BCUT2D eigenvalue weighted by Gasteiger charge is 2.24. The molecule has 4 heterocycles. The Labute approximate surface area is 281 Å². The maximum absolute atomic E-state index is 15.4. The van der Waals surface area contributed by atoms with Crippen LogP contribution in [-0.2, 0) is 9.53 Å². The third-order valence-corrected chi connectivity index (χ3v) is 8.44. The van der Waals surface area contributed by atoms with Gasteiger partial charge in [0, 0.05) is 48.9 Å². The number of methoxy groups -OCH3 is 1. The lowest BCUT2D eigenvalue weighted by Gasteiger charge is -2.35. The number of allylic oxidation sites excluding steroid dienone is 1. The number of hydrogen-bond acceptors (Lipinski definition) is 11. The number of anilines is 4. The summed E-state index contributed by atoms with van der Waals surface area (Å²) in [5.41, 5.74) is 1.84. The fourth-order valence-electron chi connectivity index (χ4n) is 5.69. The molecule has 2 N–H and O–H groups in total. The Morgan fingerprint density at radius 3 is 2.52 bits per heavy atom. The van der Waals surface area contributed by atoms with Gasteiger partial charge in [-0.15, -0.1) is 0 Å². The van der Waals surface area contributed by atoms with Crippen LogP contribution in [0.2, 0.25) is 0 Å². The van der Waals surface area contributed by atoms with Crippen LogP contribution in [0.1, 0.15) is 26.7 Å². The highest BCUT2D eigenvalue weighted by Crippen LogP contribution is 2.35. The number of hydrogen-bond donors (Lipinski definition) is 2. The van der Waals surface area contributed by atoms with Crippen molar-refractivity contribution in [1.82, 2.24) is 19.9 Å². The molecule has 2 saturated heterocycles. The minimum absolute atomic E-state index is 0.153. The molecule has 0 radical (unpaired) electrons. The largest absolute Gasteiger partial charge is 0.495 e. The van der Waals surface area contributed by atoms with Crippen molar-refractivity contribution in [3.05, 3.63) is 73.5 Å². The van der Waals surface area contributed by atoms with Crippen molar-refractivity contribution in [2.24, 2.45) is 5.92 Å². The number of carbonyl (C=O) groups excluding carboxylic acids is 1. The molecule has 12 heteroatoms. The van der Waals surface area contributed by atoms with E-state index in [1.54, 1.807) is 31.5 Å². The van der Waals surface area contributed by atoms with Gasteiger partial charge >= 0.3 is 0 Å². The number of piperidine rings is 1. The van der Waals surface area contributed by atoms with E-state index in [-0.39, 0.29) is 11.8 Å². The van der Waals surface area contributed by atoms with E-state index in [9.17, 15) is 0 Å². The Hall–Kier alpha value is -4.81. The van der Waals surface area contributed by atoms with Crippen molar-refractivity contribution in [2.45, 2.75) is 38.8 Å². The summed E-state index contributed by atoms with van der Waals surface area (Å²) in [6, 6.07) is 12.6. The van der Waals surface area contributed by atoms with Crippen LogP contribution in [0.3, 0.4) is 0 Å². The van der Waals surface area contributed by atoms with Gasteiger partial charge in [-0.1, -0.05) is 20.4 Å². The zero-order valence-corrected chi connectivity index (χ0v) is 28.0. The van der Waals surface area contributed by atoms with Gasteiger partial charge < -0.3 is 34.6 Å². The van der Waals surface area contributed by atoms with Gasteiger partial charge in [0.1, 0.15) is 47.3 Å². The van der Waals surface area contributed by atoms with E-state index >= 15 is 4.39 Å². The molecule has 2 aliphatic heterocycles. The van der Waals surface area contributed by atoms with Crippen LogP contribution in [0.4, 0.5) is 27.4 Å². The number of benzene rings is 2. The van der Waals surface area contributed by atoms with Crippen LogP contribution in [0.15, 0.2) is 67.6 Å². The first-order valence-corrected chi connectivity index (χ1v) is 16.2. The first-order chi connectivity index (χ1) is 23.3. The maximum atomic E-state index is 15.4. The summed E-state index contributed by atoms with van der Waals surface area (Å²) in [6.07, 6.45) is 7.24. The van der Waals surface area contributed by atoms with Gasteiger partial charge in [0.2, 0.25) is 0 Å². The number of rotatable bonds is 10. The van der Waals surface area contributed by atoms with E-state index in [4.69, 9.17) is 19.0 Å². The van der Waals surface area contributed by atoms with Crippen LogP contribution < -0.4 is 25.0 Å². The Kier molecular flexibility index (Phi) is 11.8. The first kappa shape index (κ1) is 34.5. The van der Waals surface area contributed by atoms with Gasteiger partial charge in [-0.05, 0) is 69.2 Å². The fourth-order valence-corrected chi connectivity index (χ4v) is 5.69. The fraction of sp³-hybridized carbons (Fsp3) is 0.389. The summed E-state index contributed by atoms with van der Waals surface area (Å²) in [6.45, 7) is 11.7. The maximum Gasteiger partial charge on any atom is 0.150 e. The molecular formula is C36H44FN7O4. The lowest BCUT2D eigenvalue weighted by atomic mass is 10.0. The van der Waals surface area contributed by atoms with E-state index in [1.807, 2.05) is 18.2 Å². The Balaban J connectivity index is 0.00000107. The highest BCUT2D eigenvalue weighted by atomic mass is 19.1. The summed E-state index contributed by atoms with van der Waals surface area (Å²) < 4.78 is 33.0. The van der Waals surface area contributed by atoms with Gasteiger partial charge in [-0.25, -0.2) is 19.3 Å². The Morgan fingerprint density at radius 2 is 1.81 bits per heavy atom. The van der Waals surface area contributed by atoms with Crippen LogP contribution >= 0.6 is 0 Å². The minimum Gasteiger partial charge on any atom is -0.495 e. The average molecular weight is 658 g/mol. The number of fused-ring (bicyclic) bond motifs is 1. The molecule has 1 unspecified atom stereocenters. The van der Waals surface area contributed by atoms with Crippen LogP contribution in [0.5, 0.6) is 17.2 Å². The van der Waals surface area contributed by atoms with Crippen molar-refractivity contribution >= 4 is 40.2 Å². The van der Waals surface area contributed by atoms with Crippen molar-refractivity contribution in [3.63, 3.8) is 0 Å². The number of morpholine rings is 1. The van der Waals surface area contributed by atoms with Crippen LogP contribution in [-0.4, -0.2) is 85.2 Å². The van der Waals surface area contributed by atoms with E-state index in [0.717, 1.165) is 55.9 Å². The third-order valence-electron chi connectivity index (χ3n) is 8.44. The number of halogens is 1. The molecule has 6 rings (SSSR count). The van der Waals surface area contributed by atoms with E-state index in [0.29, 0.717) is 53.4 Å². The number of likely N-dealkylation sites (tertiary alicyclic amines) is 1. The minimum atomic E-state index is -0.463. The summed E-state index contributed by atoms with van der Waals surface area (Å²) in [4.78, 5) is 27.0. The summed E-state index contributed by atoms with van der Waals surface area (Å²) in [5.74, 6) is 2.94. The molecular weight excluding hydrogens is 613 g/mol. The zero-order valence-electron chi connectivity index (χ0n) is 28.0. The van der Waals surface area contributed by atoms with Crippen molar-refractivity contribution in [3.8, 4) is 17.2 Å². The molecule has 2 aliphatic rings. The number of carbonyl (C=O) groups is 1. The predicted molar refractivity (Wildman–Crippen MR) is 187 cm³/mol. The Bertz CT molecular complexity index is 1690. The van der Waals surface area contributed by atoms with Gasteiger partial charge in [0.25, 0.3) is 0 Å². The van der Waals surface area contributed by atoms with E-state index in [2.05, 4.69) is 62.9 Å². The van der Waals surface area contributed by atoms with E-state index < -0.39 is 5.82 Å². The lowest BCUT2D eigenvalue weighted by molar-refractivity contribution is -0.104. The second kappa shape index (κ2) is 16.3. The first-order valence-electron chi connectivity index (χ1n) is 16.2. The van der Waals surface area contributed by atoms with Crippen LogP contribution in [0.25, 0.3) is 10.9 Å². The zero-order chi connectivity index (χ0) is 34.0. The summed E-state index contributed by atoms with van der Waals surface area (Å²) in [5, 5.41) is 7.56. The van der Waals surface area contributed by atoms with Crippen molar-refractivity contribution in [2.75, 3.05) is 62.5 Å². The quantitative estimate of drug-likeness (QED) is 0.145. The highest BCUT2D eigenvalue weighted by molar-refractivity contribution is 5.95. The lowest BCUT2D eigenvalue weighted by Crippen LogP contribution is -2.45. The van der Waals surface area contributed by atoms with Gasteiger partial charge in [-0.2, -0.15) is 0 Å². The number of nitrogens with one attached hydrogen (secondary N) is 2. The number of pyridine rings is 1. The number of aromatic nitrogens is 3. The molecule has 0 amide bonds. The molecule has 11 nitrogen and oxygen atoms in total. The van der Waals surface area contributed by atoms with Gasteiger partial charge in [0.15, 0.2) is 0 Å². The third kappa shape index (κ3) is 8.75. The standard InChI is InChI=1S/C33H40FN7O3.C3H4O/c1-21(2)31-19-41(13-14-43-31)32-16-24(7-10-35-32)44-23-5-6-27(26(34)15-23)39-33-25-17-29(38-22-8-11-40(3)12-9-22)30(42-4)18-28(25)36-20-37-33;1-2-3-4/h5-7,10,15-18,20-22,31,38H,8-9,11-14,19H2,1-4H3,(H,36,37,39);2-3H,1H2. The van der Waals surface area contributed by atoms with Gasteiger partial charge in [0.05, 0.1) is 36.7 Å². The normalized spacial score (nSPS) is 17.0. The molecule has 0 bridgehead atoms. The number of ether oxygens (including phenoxy) is 3. The predicted octanol–water partition coefficient (Wildman–Crippen LogP) is 6.45. The molecule has 2 aromatic carbocycles. The molecule has 48 heavy (non-hydrogen) atoms. The van der Waals surface area contributed by atoms with Crippen molar-refractivity contribution in [1.29, 1.82) is 0 Å². The van der Waals surface area contributed by atoms with E-state index in [1.165, 1.54) is 18.5 Å². The molecule has 0 saturated carbocycles. The molecule has 2 fully saturated rings. The molecule has 0 spiro atoms. The average Bonchev–Trinajstić information content (AvgIpc) is 3.10. The van der Waals surface area contributed by atoms with Crippen molar-refractivity contribution < 1.29 is 23.4 Å². The Morgan fingerprint density at radius 1 is 1.04 bits per heavy atom.